The van der Waals surface area contributed by atoms with Crippen LogP contribution < -0.4 is 5.32 Å². The van der Waals surface area contributed by atoms with Gasteiger partial charge < -0.3 is 15.5 Å². The minimum Gasteiger partial charge on any atom is -0.508 e. The van der Waals surface area contributed by atoms with Gasteiger partial charge in [-0.2, -0.15) is 0 Å². The van der Waals surface area contributed by atoms with Gasteiger partial charge >= 0.3 is 5.97 Å². The second kappa shape index (κ2) is 5.73. The first-order valence-corrected chi connectivity index (χ1v) is 6.37. The Balaban J connectivity index is 1.97. The van der Waals surface area contributed by atoms with Crippen molar-refractivity contribution in [2.75, 3.05) is 0 Å². The normalized spacial score (nSPS) is 16.4. The van der Waals surface area contributed by atoms with Gasteiger partial charge in [-0.05, 0) is 30.5 Å². The highest BCUT2D eigenvalue weighted by molar-refractivity contribution is 5.85. The second-order valence-corrected chi connectivity index (χ2v) is 4.90. The predicted molar refractivity (Wildman–Crippen MR) is 68.7 cm³/mol. The number of phenolic OH excluding ortho intramolecular Hbond substituents is 1. The lowest BCUT2D eigenvalue weighted by atomic mass is 9.84. The van der Waals surface area contributed by atoms with Gasteiger partial charge in [-0.15, -0.1) is 0 Å². The molecule has 1 amide bonds. The van der Waals surface area contributed by atoms with Crippen molar-refractivity contribution in [2.24, 2.45) is 5.92 Å². The van der Waals surface area contributed by atoms with Gasteiger partial charge in [0, 0.05) is 12.3 Å². The van der Waals surface area contributed by atoms with E-state index >= 15 is 0 Å². The average molecular weight is 263 g/mol. The standard InChI is InChI=1S/C14H17NO4/c16-11-6-4-9(5-7-11)8-12(14(18)19)15-13(17)10-2-1-3-10/h4-7,10,12,16H,1-3,8H2,(H,15,17)(H,18,19). The molecule has 2 rings (SSSR count). The van der Waals surface area contributed by atoms with Crippen molar-refractivity contribution in [3.8, 4) is 5.75 Å². The third-order valence-electron chi connectivity index (χ3n) is 3.47. The van der Waals surface area contributed by atoms with E-state index in [2.05, 4.69) is 5.32 Å². The molecule has 5 nitrogen and oxygen atoms in total. The van der Waals surface area contributed by atoms with Crippen LogP contribution in [0.25, 0.3) is 0 Å². The molecule has 1 aliphatic carbocycles. The van der Waals surface area contributed by atoms with Crippen molar-refractivity contribution >= 4 is 11.9 Å². The number of nitrogens with one attached hydrogen (secondary N) is 1. The zero-order chi connectivity index (χ0) is 13.8. The zero-order valence-corrected chi connectivity index (χ0v) is 10.5. The summed E-state index contributed by atoms with van der Waals surface area (Å²) in [6.07, 6.45) is 2.94. The van der Waals surface area contributed by atoms with Gasteiger partial charge in [0.05, 0.1) is 0 Å². The summed E-state index contributed by atoms with van der Waals surface area (Å²) in [5.41, 5.74) is 0.763. The highest BCUT2D eigenvalue weighted by Gasteiger charge is 2.29. The van der Waals surface area contributed by atoms with Crippen LogP contribution in [0.15, 0.2) is 24.3 Å². The van der Waals surface area contributed by atoms with E-state index in [9.17, 15) is 14.7 Å². The lowest BCUT2D eigenvalue weighted by molar-refractivity contribution is -0.143. The molecule has 1 saturated carbocycles. The van der Waals surface area contributed by atoms with Crippen LogP contribution in [0.3, 0.4) is 0 Å². The molecule has 5 heteroatoms. The smallest absolute Gasteiger partial charge is 0.326 e. The molecule has 19 heavy (non-hydrogen) atoms. The van der Waals surface area contributed by atoms with Crippen LogP contribution >= 0.6 is 0 Å². The van der Waals surface area contributed by atoms with Crippen molar-refractivity contribution in [1.82, 2.24) is 5.32 Å². The molecule has 0 heterocycles. The molecule has 1 atom stereocenters. The Hall–Kier alpha value is -2.04. The van der Waals surface area contributed by atoms with Gasteiger partial charge in [-0.1, -0.05) is 18.6 Å². The number of benzene rings is 1. The highest BCUT2D eigenvalue weighted by atomic mass is 16.4. The minimum atomic E-state index is -1.04. The summed E-state index contributed by atoms with van der Waals surface area (Å²) in [4.78, 5) is 22.9. The molecule has 0 spiro atoms. The average Bonchev–Trinajstić information content (AvgIpc) is 2.28. The van der Waals surface area contributed by atoms with Crippen LogP contribution in [0.1, 0.15) is 24.8 Å². The monoisotopic (exact) mass is 263 g/mol. The lowest BCUT2D eigenvalue weighted by Crippen LogP contribution is -2.46. The summed E-state index contributed by atoms with van der Waals surface area (Å²) < 4.78 is 0. The third-order valence-corrected chi connectivity index (χ3v) is 3.47. The summed E-state index contributed by atoms with van der Waals surface area (Å²) in [7, 11) is 0. The van der Waals surface area contributed by atoms with Crippen molar-refractivity contribution in [3.63, 3.8) is 0 Å². The number of carbonyl (C=O) groups is 2. The number of amides is 1. The molecule has 102 valence electrons. The molecular formula is C14H17NO4. The first-order chi connectivity index (χ1) is 9.06. The number of hydrogen-bond acceptors (Lipinski definition) is 3. The fraction of sp³-hybridized carbons (Fsp3) is 0.429. The number of aliphatic carboxylic acids is 1. The summed E-state index contributed by atoms with van der Waals surface area (Å²) in [5.74, 6) is -1.10. The number of carboxylic acids is 1. The molecule has 0 bridgehead atoms. The number of carbonyl (C=O) groups excluding carboxylic acids is 1. The Labute approximate surface area is 111 Å². The largest absolute Gasteiger partial charge is 0.508 e. The molecule has 0 saturated heterocycles. The first-order valence-electron chi connectivity index (χ1n) is 6.37. The number of hydrogen-bond donors (Lipinski definition) is 3. The number of rotatable bonds is 5. The SMILES string of the molecule is O=C(NC(Cc1ccc(O)cc1)C(=O)O)C1CCC1. The molecule has 0 aromatic heterocycles. The quantitative estimate of drug-likeness (QED) is 0.747. The van der Waals surface area contributed by atoms with Crippen molar-refractivity contribution in [2.45, 2.75) is 31.7 Å². The highest BCUT2D eigenvalue weighted by Crippen LogP contribution is 2.26. The predicted octanol–water partition coefficient (Wildman–Crippen LogP) is 1.30. The summed E-state index contributed by atoms with van der Waals surface area (Å²) in [6, 6.07) is 5.39. The topological polar surface area (TPSA) is 86.6 Å². The van der Waals surface area contributed by atoms with Crippen LogP contribution in [0.5, 0.6) is 5.75 Å². The fourth-order valence-electron chi connectivity index (χ4n) is 2.03. The van der Waals surface area contributed by atoms with E-state index in [-0.39, 0.29) is 24.0 Å². The van der Waals surface area contributed by atoms with E-state index in [0.717, 1.165) is 24.8 Å². The van der Waals surface area contributed by atoms with E-state index in [0.29, 0.717) is 0 Å². The second-order valence-electron chi connectivity index (χ2n) is 4.90. The van der Waals surface area contributed by atoms with E-state index in [1.54, 1.807) is 12.1 Å². The maximum Gasteiger partial charge on any atom is 0.326 e. The molecule has 0 radical (unpaired) electrons. The van der Waals surface area contributed by atoms with Crippen molar-refractivity contribution < 1.29 is 19.8 Å². The molecule has 1 aromatic rings. The van der Waals surface area contributed by atoms with Crippen LogP contribution in [0, 0.1) is 5.92 Å². The number of phenols is 1. The molecule has 0 aliphatic heterocycles. The van der Waals surface area contributed by atoms with E-state index in [1.165, 1.54) is 12.1 Å². The van der Waals surface area contributed by atoms with Gasteiger partial charge in [-0.3, -0.25) is 4.79 Å². The van der Waals surface area contributed by atoms with Crippen LogP contribution in [-0.4, -0.2) is 28.1 Å². The van der Waals surface area contributed by atoms with E-state index in [1.807, 2.05) is 0 Å². The third kappa shape index (κ3) is 3.47. The van der Waals surface area contributed by atoms with E-state index in [4.69, 9.17) is 5.11 Å². The molecular weight excluding hydrogens is 246 g/mol. The summed E-state index contributed by atoms with van der Waals surface area (Å²) >= 11 is 0. The molecule has 1 aliphatic rings. The van der Waals surface area contributed by atoms with Gasteiger partial charge in [0.1, 0.15) is 11.8 Å². The van der Waals surface area contributed by atoms with Gasteiger partial charge in [-0.25, -0.2) is 4.79 Å². The maximum atomic E-state index is 11.8. The van der Waals surface area contributed by atoms with Gasteiger partial charge in [0.25, 0.3) is 0 Å². The van der Waals surface area contributed by atoms with Gasteiger partial charge in [0.15, 0.2) is 0 Å². The zero-order valence-electron chi connectivity index (χ0n) is 10.5. The molecule has 1 fully saturated rings. The summed E-state index contributed by atoms with van der Waals surface area (Å²) in [5, 5.41) is 20.9. The fourth-order valence-corrected chi connectivity index (χ4v) is 2.03. The Kier molecular flexibility index (Phi) is 4.04. The van der Waals surface area contributed by atoms with E-state index < -0.39 is 12.0 Å². The van der Waals surface area contributed by atoms with Crippen LogP contribution in [-0.2, 0) is 16.0 Å². The molecule has 3 N–H and O–H groups in total. The van der Waals surface area contributed by atoms with Gasteiger partial charge in [0.2, 0.25) is 5.91 Å². The summed E-state index contributed by atoms with van der Waals surface area (Å²) in [6.45, 7) is 0. The Bertz CT molecular complexity index is 465. The lowest BCUT2D eigenvalue weighted by Gasteiger charge is -2.26. The first kappa shape index (κ1) is 13.4. The molecule has 1 unspecified atom stereocenters. The minimum absolute atomic E-state index is 0.0262. The molecule has 1 aromatic carbocycles. The van der Waals surface area contributed by atoms with Crippen molar-refractivity contribution in [3.05, 3.63) is 29.8 Å². The number of carboxylic acid groups (broad SMARTS) is 1. The van der Waals surface area contributed by atoms with Crippen molar-refractivity contribution in [1.29, 1.82) is 0 Å². The Morgan fingerprint density at radius 2 is 1.89 bits per heavy atom. The Morgan fingerprint density at radius 3 is 2.37 bits per heavy atom. The number of aromatic hydroxyl groups is 1. The maximum absolute atomic E-state index is 11.8. The van der Waals surface area contributed by atoms with Crippen LogP contribution in [0.4, 0.5) is 0 Å². The Morgan fingerprint density at radius 1 is 1.26 bits per heavy atom. The van der Waals surface area contributed by atoms with Crippen LogP contribution in [0.2, 0.25) is 0 Å².